The Bertz CT molecular complexity index is 154. The molecule has 1 nitrogen and oxygen atoms in total. The minimum absolute atomic E-state index is 0.704. The number of rotatable bonds is 5. The summed E-state index contributed by atoms with van der Waals surface area (Å²) in [6.07, 6.45) is 10.2. The van der Waals surface area contributed by atoms with Crippen LogP contribution in [0.3, 0.4) is 0 Å². The Morgan fingerprint density at radius 2 is 2.09 bits per heavy atom. The Hall–Kier alpha value is -0.980. The van der Waals surface area contributed by atoms with Gasteiger partial charge < -0.3 is 4.74 Å². The lowest BCUT2D eigenvalue weighted by atomic mass is 10.3. The van der Waals surface area contributed by atoms with E-state index >= 15 is 0 Å². The summed E-state index contributed by atoms with van der Waals surface area (Å²) in [5.41, 5.74) is 0. The van der Waals surface area contributed by atoms with Gasteiger partial charge in [0.2, 0.25) is 0 Å². The molecule has 62 valence electrons. The van der Waals surface area contributed by atoms with Crippen molar-refractivity contribution < 1.29 is 4.74 Å². The van der Waals surface area contributed by atoms with Gasteiger partial charge in [0.1, 0.15) is 5.76 Å². The molecule has 0 fully saturated rings. The van der Waals surface area contributed by atoms with Crippen LogP contribution in [0.2, 0.25) is 0 Å². The van der Waals surface area contributed by atoms with Gasteiger partial charge in [0.25, 0.3) is 0 Å². The fraction of sp³-hybridized carbons (Fsp3) is 0.400. The summed E-state index contributed by atoms with van der Waals surface area (Å²) in [7, 11) is 1.62. The number of hydrogen-bond donors (Lipinski definition) is 0. The van der Waals surface area contributed by atoms with E-state index in [1.165, 1.54) is 0 Å². The van der Waals surface area contributed by atoms with Crippen molar-refractivity contribution in [1.29, 1.82) is 0 Å². The standard InChI is InChI=1S/C10H16O/c1-4-5-6-7-8-9-10(2)11-3/h5-6,8-9H,2,4,7H2,1,3H3/b6-5-,9-8-. The number of hydrogen-bond acceptors (Lipinski definition) is 1. The molecule has 1 heteroatoms. The van der Waals surface area contributed by atoms with Gasteiger partial charge in [0.15, 0.2) is 0 Å². The third kappa shape index (κ3) is 6.91. The molecule has 11 heavy (non-hydrogen) atoms. The summed E-state index contributed by atoms with van der Waals surface area (Å²) >= 11 is 0. The lowest BCUT2D eigenvalue weighted by Crippen LogP contribution is -1.75. The predicted molar refractivity (Wildman–Crippen MR) is 49.3 cm³/mol. The smallest absolute Gasteiger partial charge is 0.111 e. The van der Waals surface area contributed by atoms with E-state index in [-0.39, 0.29) is 0 Å². The van der Waals surface area contributed by atoms with Gasteiger partial charge in [0.05, 0.1) is 7.11 Å². The molecule has 0 aliphatic heterocycles. The Kier molecular flexibility index (Phi) is 6.50. The molecule has 0 bridgehead atoms. The maximum atomic E-state index is 4.85. The highest BCUT2D eigenvalue weighted by Crippen LogP contribution is 1.95. The predicted octanol–water partition coefficient (Wildman–Crippen LogP) is 3.06. The molecule has 0 aromatic heterocycles. The van der Waals surface area contributed by atoms with Crippen LogP contribution < -0.4 is 0 Å². The summed E-state index contributed by atoms with van der Waals surface area (Å²) in [6, 6.07) is 0. The van der Waals surface area contributed by atoms with Crippen molar-refractivity contribution in [3.63, 3.8) is 0 Å². The molecule has 0 unspecified atom stereocenters. The van der Waals surface area contributed by atoms with Crippen LogP contribution in [0.25, 0.3) is 0 Å². The molecule has 0 radical (unpaired) electrons. The number of methoxy groups -OCH3 is 1. The number of ether oxygens (including phenoxy) is 1. The van der Waals surface area contributed by atoms with Crippen molar-refractivity contribution >= 4 is 0 Å². The van der Waals surface area contributed by atoms with Crippen molar-refractivity contribution in [1.82, 2.24) is 0 Å². The summed E-state index contributed by atoms with van der Waals surface area (Å²) in [5, 5.41) is 0. The van der Waals surface area contributed by atoms with Crippen molar-refractivity contribution in [2.45, 2.75) is 19.8 Å². The quantitative estimate of drug-likeness (QED) is 0.334. The average molecular weight is 152 g/mol. The molecule has 0 aliphatic carbocycles. The molecular formula is C10H16O. The first-order valence-corrected chi connectivity index (χ1v) is 3.85. The first-order chi connectivity index (χ1) is 5.31. The van der Waals surface area contributed by atoms with Crippen LogP contribution in [0.1, 0.15) is 19.8 Å². The van der Waals surface area contributed by atoms with Crippen LogP contribution in [0, 0.1) is 0 Å². The topological polar surface area (TPSA) is 9.23 Å². The molecule has 0 amide bonds. The highest BCUT2D eigenvalue weighted by molar-refractivity contribution is 5.08. The Labute approximate surface area is 69.1 Å². The van der Waals surface area contributed by atoms with Gasteiger partial charge in [-0.3, -0.25) is 0 Å². The fourth-order valence-electron chi connectivity index (χ4n) is 0.609. The Balaban J connectivity index is 3.44. The van der Waals surface area contributed by atoms with Crippen molar-refractivity contribution in [2.75, 3.05) is 7.11 Å². The van der Waals surface area contributed by atoms with Gasteiger partial charge in [-0.05, 0) is 18.9 Å². The highest BCUT2D eigenvalue weighted by atomic mass is 16.5. The van der Waals surface area contributed by atoms with Crippen LogP contribution in [0.4, 0.5) is 0 Å². The Morgan fingerprint density at radius 3 is 2.64 bits per heavy atom. The Morgan fingerprint density at radius 1 is 1.36 bits per heavy atom. The van der Waals surface area contributed by atoms with Gasteiger partial charge in [-0.2, -0.15) is 0 Å². The lowest BCUT2D eigenvalue weighted by molar-refractivity contribution is 0.308. The zero-order valence-corrected chi connectivity index (χ0v) is 7.34. The second-order valence-electron chi connectivity index (χ2n) is 2.19. The first-order valence-electron chi connectivity index (χ1n) is 3.85. The van der Waals surface area contributed by atoms with Gasteiger partial charge >= 0.3 is 0 Å². The van der Waals surface area contributed by atoms with Crippen molar-refractivity contribution in [2.24, 2.45) is 0 Å². The third-order valence-electron chi connectivity index (χ3n) is 1.24. The van der Waals surface area contributed by atoms with Crippen molar-refractivity contribution in [3.8, 4) is 0 Å². The molecular weight excluding hydrogens is 136 g/mol. The molecule has 0 saturated heterocycles. The van der Waals surface area contributed by atoms with Crippen LogP contribution in [0.15, 0.2) is 36.6 Å². The molecule has 0 rings (SSSR count). The van der Waals surface area contributed by atoms with Crippen LogP contribution >= 0.6 is 0 Å². The molecule has 0 spiro atoms. The lowest BCUT2D eigenvalue weighted by Gasteiger charge is -1.93. The van der Waals surface area contributed by atoms with Crippen LogP contribution in [-0.2, 0) is 4.74 Å². The summed E-state index contributed by atoms with van der Waals surface area (Å²) < 4.78 is 4.85. The second-order valence-corrected chi connectivity index (χ2v) is 2.19. The van der Waals surface area contributed by atoms with Crippen molar-refractivity contribution in [3.05, 3.63) is 36.6 Å². The van der Waals surface area contributed by atoms with E-state index in [0.717, 1.165) is 12.8 Å². The van der Waals surface area contributed by atoms with E-state index in [2.05, 4.69) is 25.7 Å². The monoisotopic (exact) mass is 152 g/mol. The zero-order valence-electron chi connectivity index (χ0n) is 7.34. The third-order valence-corrected chi connectivity index (χ3v) is 1.24. The highest BCUT2D eigenvalue weighted by Gasteiger charge is 1.78. The SMILES string of the molecule is C=C(/C=C\C/C=C\CC)OC. The maximum Gasteiger partial charge on any atom is 0.111 e. The van der Waals surface area contributed by atoms with Crippen LogP contribution in [-0.4, -0.2) is 7.11 Å². The van der Waals surface area contributed by atoms with E-state index in [9.17, 15) is 0 Å². The van der Waals surface area contributed by atoms with E-state index in [1.54, 1.807) is 7.11 Å². The summed E-state index contributed by atoms with van der Waals surface area (Å²) in [4.78, 5) is 0. The first kappa shape index (κ1) is 10.0. The summed E-state index contributed by atoms with van der Waals surface area (Å²) in [6.45, 7) is 5.78. The minimum Gasteiger partial charge on any atom is -0.497 e. The van der Waals surface area contributed by atoms with E-state index in [1.807, 2.05) is 12.2 Å². The molecule has 0 heterocycles. The minimum atomic E-state index is 0.704. The van der Waals surface area contributed by atoms with Gasteiger partial charge in [-0.15, -0.1) is 0 Å². The fourth-order valence-corrected chi connectivity index (χ4v) is 0.609. The molecule has 0 aliphatic rings. The molecule has 0 aromatic rings. The molecule has 0 saturated carbocycles. The van der Waals surface area contributed by atoms with E-state index < -0.39 is 0 Å². The van der Waals surface area contributed by atoms with E-state index in [4.69, 9.17) is 4.74 Å². The molecule has 0 aromatic carbocycles. The van der Waals surface area contributed by atoms with E-state index in [0.29, 0.717) is 5.76 Å². The normalized spacial score (nSPS) is 11.1. The molecule has 0 atom stereocenters. The molecule has 0 N–H and O–H groups in total. The van der Waals surface area contributed by atoms with Gasteiger partial charge in [-0.25, -0.2) is 0 Å². The largest absolute Gasteiger partial charge is 0.497 e. The zero-order chi connectivity index (χ0) is 8.53. The van der Waals surface area contributed by atoms with Gasteiger partial charge in [-0.1, -0.05) is 31.7 Å². The van der Waals surface area contributed by atoms with Gasteiger partial charge in [0, 0.05) is 0 Å². The summed E-state index contributed by atoms with van der Waals surface area (Å²) in [5.74, 6) is 0.704. The number of allylic oxidation sites excluding steroid dienone is 4. The average Bonchev–Trinajstić information content (AvgIpc) is 2.04. The maximum absolute atomic E-state index is 4.85. The van der Waals surface area contributed by atoms with Crippen LogP contribution in [0.5, 0.6) is 0 Å². The second kappa shape index (κ2) is 7.13.